The fraction of sp³-hybridized carbons (Fsp3) is 0.333. The quantitative estimate of drug-likeness (QED) is 0.313. The molecule has 0 amide bonds. The number of carbonyl (C=O) groups is 2. The summed E-state index contributed by atoms with van der Waals surface area (Å²) in [5.41, 5.74) is 2.49. The van der Waals surface area contributed by atoms with Crippen molar-refractivity contribution in [1.29, 1.82) is 0 Å². The molecule has 31 heavy (non-hydrogen) atoms. The highest BCUT2D eigenvalue weighted by Crippen LogP contribution is 2.32. The van der Waals surface area contributed by atoms with Gasteiger partial charge in [0.2, 0.25) is 5.89 Å². The van der Waals surface area contributed by atoms with Crippen LogP contribution in [0.5, 0.6) is 11.5 Å². The minimum atomic E-state index is -0.532. The topological polar surface area (TPSA) is 117 Å². The van der Waals surface area contributed by atoms with Crippen molar-refractivity contribution in [3.63, 3.8) is 0 Å². The zero-order valence-electron chi connectivity index (χ0n) is 18.1. The molecule has 0 saturated carbocycles. The number of H-pyrrole nitrogens is 1. The number of aromatic nitrogens is 3. The van der Waals surface area contributed by atoms with Gasteiger partial charge < -0.3 is 23.6 Å². The number of benzene rings is 1. The lowest BCUT2D eigenvalue weighted by molar-refractivity contribution is 0.0599. The summed E-state index contributed by atoms with van der Waals surface area (Å²) < 4.78 is 21.1. The summed E-state index contributed by atoms with van der Waals surface area (Å²) in [7, 11) is 4.41. The zero-order valence-corrected chi connectivity index (χ0v) is 18.9. The first-order chi connectivity index (χ1) is 14.8. The van der Waals surface area contributed by atoms with E-state index in [2.05, 4.69) is 15.2 Å². The third kappa shape index (κ3) is 4.58. The van der Waals surface area contributed by atoms with Gasteiger partial charge in [-0.1, -0.05) is 11.8 Å². The maximum atomic E-state index is 13.0. The van der Waals surface area contributed by atoms with E-state index < -0.39 is 11.2 Å². The van der Waals surface area contributed by atoms with Crippen molar-refractivity contribution < 1.29 is 28.2 Å². The van der Waals surface area contributed by atoms with Crippen LogP contribution >= 0.6 is 11.8 Å². The fourth-order valence-corrected chi connectivity index (χ4v) is 3.86. The molecule has 3 rings (SSSR count). The molecule has 0 spiro atoms. The first-order valence-corrected chi connectivity index (χ1v) is 10.2. The summed E-state index contributed by atoms with van der Waals surface area (Å²) in [6.45, 7) is 5.17. The molecule has 1 unspecified atom stereocenters. The van der Waals surface area contributed by atoms with Crippen LogP contribution in [0, 0.1) is 13.8 Å². The first kappa shape index (κ1) is 22.4. The maximum absolute atomic E-state index is 13.0. The molecule has 0 aliphatic heterocycles. The van der Waals surface area contributed by atoms with Crippen molar-refractivity contribution in [3.05, 3.63) is 40.7 Å². The van der Waals surface area contributed by atoms with Crippen LogP contribution in [0.25, 0.3) is 11.5 Å². The minimum Gasteiger partial charge on any atom is -0.497 e. The molecule has 2 heterocycles. The number of aryl methyl sites for hydroxylation is 1. The average Bonchev–Trinajstić information content (AvgIpc) is 3.36. The Morgan fingerprint density at radius 1 is 1.06 bits per heavy atom. The predicted molar refractivity (Wildman–Crippen MR) is 114 cm³/mol. The lowest BCUT2D eigenvalue weighted by Gasteiger charge is -2.07. The van der Waals surface area contributed by atoms with Gasteiger partial charge in [-0.2, -0.15) is 0 Å². The molecule has 3 aromatic rings. The van der Waals surface area contributed by atoms with Crippen LogP contribution in [0.15, 0.2) is 27.8 Å². The number of carbonyl (C=O) groups excluding carboxylic acids is 2. The van der Waals surface area contributed by atoms with Gasteiger partial charge in [-0.15, -0.1) is 10.2 Å². The van der Waals surface area contributed by atoms with Gasteiger partial charge in [0.1, 0.15) is 11.5 Å². The van der Waals surface area contributed by atoms with E-state index in [-0.39, 0.29) is 16.9 Å². The molecule has 0 fully saturated rings. The van der Waals surface area contributed by atoms with Crippen LogP contribution in [0.1, 0.15) is 39.0 Å². The van der Waals surface area contributed by atoms with E-state index in [0.29, 0.717) is 39.6 Å². The molecule has 9 nitrogen and oxygen atoms in total. The third-order valence-corrected chi connectivity index (χ3v) is 5.66. The standard InChI is InChI=1S/C21H23N3O6S/c1-10-16(20(26)29-6)11(2)22-17(10)18(25)12(3)31-21-24-23-19(30-21)13-7-14(27-4)9-15(8-13)28-5/h7-9,12,22H,1-6H3. The Kier molecular flexibility index (Phi) is 6.69. The molecule has 0 bridgehead atoms. The third-order valence-electron chi connectivity index (χ3n) is 4.73. The van der Waals surface area contributed by atoms with Gasteiger partial charge in [0.25, 0.3) is 5.22 Å². The maximum Gasteiger partial charge on any atom is 0.339 e. The van der Waals surface area contributed by atoms with Crippen LogP contribution in [0.4, 0.5) is 0 Å². The monoisotopic (exact) mass is 445 g/mol. The van der Waals surface area contributed by atoms with Gasteiger partial charge in [-0.05, 0) is 38.5 Å². The summed E-state index contributed by atoms with van der Waals surface area (Å²) in [6, 6.07) is 5.23. The number of ether oxygens (including phenoxy) is 3. The summed E-state index contributed by atoms with van der Waals surface area (Å²) in [5, 5.41) is 7.81. The van der Waals surface area contributed by atoms with Gasteiger partial charge in [0.15, 0.2) is 5.78 Å². The normalized spacial score (nSPS) is 11.8. The van der Waals surface area contributed by atoms with Crippen molar-refractivity contribution in [3.8, 4) is 23.0 Å². The molecule has 164 valence electrons. The van der Waals surface area contributed by atoms with Crippen molar-refractivity contribution in [2.45, 2.75) is 31.2 Å². The second kappa shape index (κ2) is 9.25. The molecule has 0 saturated heterocycles. The highest BCUT2D eigenvalue weighted by molar-refractivity contribution is 8.00. The Morgan fingerprint density at radius 2 is 1.71 bits per heavy atom. The number of esters is 1. The number of Topliss-reactive ketones (excluding diaryl/α,β-unsaturated/α-hetero) is 1. The second-order valence-electron chi connectivity index (χ2n) is 6.72. The largest absolute Gasteiger partial charge is 0.497 e. The SMILES string of the molecule is COC(=O)c1c(C)[nH]c(C(=O)C(C)Sc2nnc(-c3cc(OC)cc(OC)c3)o2)c1C. The van der Waals surface area contributed by atoms with E-state index in [0.717, 1.165) is 11.8 Å². The van der Waals surface area contributed by atoms with E-state index >= 15 is 0 Å². The van der Waals surface area contributed by atoms with Crippen molar-refractivity contribution in [1.82, 2.24) is 15.2 Å². The lowest BCUT2D eigenvalue weighted by atomic mass is 10.1. The van der Waals surface area contributed by atoms with Crippen LogP contribution < -0.4 is 9.47 Å². The van der Waals surface area contributed by atoms with E-state index in [1.165, 1.54) is 7.11 Å². The molecular formula is C21H23N3O6S. The highest BCUT2D eigenvalue weighted by Gasteiger charge is 2.27. The first-order valence-electron chi connectivity index (χ1n) is 9.34. The fourth-order valence-electron chi connectivity index (χ4n) is 3.12. The van der Waals surface area contributed by atoms with E-state index in [9.17, 15) is 9.59 Å². The average molecular weight is 445 g/mol. The number of aromatic amines is 1. The van der Waals surface area contributed by atoms with E-state index in [1.807, 2.05) is 0 Å². The van der Waals surface area contributed by atoms with Gasteiger partial charge >= 0.3 is 5.97 Å². The van der Waals surface area contributed by atoms with Crippen molar-refractivity contribution in [2.75, 3.05) is 21.3 Å². The van der Waals surface area contributed by atoms with E-state index in [4.69, 9.17) is 18.6 Å². The summed E-state index contributed by atoms with van der Waals surface area (Å²) in [4.78, 5) is 27.9. The molecule has 1 N–H and O–H groups in total. The number of ketones is 1. The molecule has 0 aliphatic carbocycles. The highest BCUT2D eigenvalue weighted by atomic mass is 32.2. The molecule has 0 radical (unpaired) electrons. The number of nitrogens with zero attached hydrogens (tertiary/aromatic N) is 2. The number of rotatable bonds is 8. The van der Waals surface area contributed by atoms with Gasteiger partial charge in [-0.25, -0.2) is 4.79 Å². The molecule has 1 atom stereocenters. The smallest absolute Gasteiger partial charge is 0.339 e. The molecular weight excluding hydrogens is 422 g/mol. The number of hydrogen-bond acceptors (Lipinski definition) is 9. The van der Waals surface area contributed by atoms with Crippen LogP contribution in [0.2, 0.25) is 0 Å². The Bertz CT molecular complexity index is 1100. The molecule has 0 aliphatic rings. The Hall–Kier alpha value is -3.27. The minimum absolute atomic E-state index is 0.191. The van der Waals surface area contributed by atoms with Crippen molar-refractivity contribution >= 4 is 23.5 Å². The van der Waals surface area contributed by atoms with Gasteiger partial charge in [0.05, 0.1) is 37.8 Å². The number of methoxy groups -OCH3 is 3. The Labute approximate surface area is 183 Å². The lowest BCUT2D eigenvalue weighted by Crippen LogP contribution is -2.15. The summed E-state index contributed by atoms with van der Waals surface area (Å²) in [5.74, 6) is 0.775. The van der Waals surface area contributed by atoms with E-state index in [1.54, 1.807) is 53.2 Å². The zero-order chi connectivity index (χ0) is 22.7. The van der Waals surface area contributed by atoms with Crippen LogP contribution in [-0.4, -0.2) is 53.5 Å². The Balaban J connectivity index is 1.80. The second-order valence-corrected chi connectivity index (χ2v) is 8.01. The number of nitrogens with one attached hydrogen (secondary N) is 1. The van der Waals surface area contributed by atoms with Gasteiger partial charge in [-0.3, -0.25) is 4.79 Å². The number of thioether (sulfide) groups is 1. The molecule has 10 heteroatoms. The van der Waals surface area contributed by atoms with Gasteiger partial charge in [0, 0.05) is 17.3 Å². The van der Waals surface area contributed by atoms with Crippen LogP contribution in [0.3, 0.4) is 0 Å². The van der Waals surface area contributed by atoms with Crippen molar-refractivity contribution in [2.24, 2.45) is 0 Å². The molecule has 2 aromatic heterocycles. The Morgan fingerprint density at radius 3 is 2.29 bits per heavy atom. The number of hydrogen-bond donors (Lipinski definition) is 1. The molecule has 1 aromatic carbocycles. The summed E-state index contributed by atoms with van der Waals surface area (Å²) >= 11 is 1.13. The predicted octanol–water partition coefficient (Wildman–Crippen LogP) is 3.85. The van der Waals surface area contributed by atoms with Crippen LogP contribution in [-0.2, 0) is 4.74 Å². The summed E-state index contributed by atoms with van der Waals surface area (Å²) in [6.07, 6.45) is 0.